The first-order chi connectivity index (χ1) is 16.0. The predicted octanol–water partition coefficient (Wildman–Crippen LogP) is 4.17. The average molecular weight is 446 g/mol. The Labute approximate surface area is 195 Å². The first kappa shape index (κ1) is 23.9. The van der Waals surface area contributed by atoms with Crippen molar-refractivity contribution in [2.75, 3.05) is 13.1 Å². The van der Waals surface area contributed by atoms with Crippen molar-refractivity contribution in [3.05, 3.63) is 58.7 Å². The number of fused-ring (bicyclic) bond motifs is 1. The number of nitrogens with one attached hydrogen (secondary N) is 1. The molecule has 0 saturated carbocycles. The van der Waals surface area contributed by atoms with E-state index in [0.717, 1.165) is 59.4 Å². The molecule has 7 heteroatoms. The molecular formula is C26H31N5O2. The molecule has 0 atom stereocenters. The summed E-state index contributed by atoms with van der Waals surface area (Å²) in [6.45, 7) is 7.59. The summed E-state index contributed by atoms with van der Waals surface area (Å²) in [5.41, 5.74) is 14.7. The van der Waals surface area contributed by atoms with Gasteiger partial charge in [0.15, 0.2) is 0 Å². The summed E-state index contributed by atoms with van der Waals surface area (Å²) in [5, 5.41) is 3.89. The van der Waals surface area contributed by atoms with Crippen molar-refractivity contribution < 1.29 is 9.59 Å². The molecule has 2 aromatic rings. The first-order valence-electron chi connectivity index (χ1n) is 11.3. The lowest BCUT2D eigenvalue weighted by Gasteiger charge is -2.22. The molecule has 33 heavy (non-hydrogen) atoms. The van der Waals surface area contributed by atoms with E-state index in [1.807, 2.05) is 54.3 Å². The fraction of sp³-hybridized carbons (Fsp3) is 0.308. The minimum Gasteiger partial charge on any atom is -0.387 e. The van der Waals surface area contributed by atoms with E-state index in [2.05, 4.69) is 29.4 Å². The fourth-order valence-electron chi connectivity index (χ4n) is 3.86. The van der Waals surface area contributed by atoms with Crippen LogP contribution in [0.2, 0.25) is 0 Å². The van der Waals surface area contributed by atoms with Gasteiger partial charge in [-0.2, -0.15) is 5.10 Å². The quantitative estimate of drug-likeness (QED) is 0.344. The van der Waals surface area contributed by atoms with E-state index in [9.17, 15) is 9.59 Å². The number of amides is 2. The Kier molecular flexibility index (Phi) is 8.13. The van der Waals surface area contributed by atoms with Crippen LogP contribution in [0.3, 0.4) is 0 Å². The highest BCUT2D eigenvalue weighted by Crippen LogP contribution is 2.32. The highest BCUT2D eigenvalue weighted by Gasteiger charge is 2.21. The van der Waals surface area contributed by atoms with Gasteiger partial charge in [0, 0.05) is 30.6 Å². The molecule has 0 aliphatic carbocycles. The van der Waals surface area contributed by atoms with Gasteiger partial charge in [-0.15, -0.1) is 0 Å². The molecule has 2 aromatic carbocycles. The van der Waals surface area contributed by atoms with Crippen molar-refractivity contribution in [3.8, 4) is 11.1 Å². The number of amidine groups is 1. The molecule has 0 radical (unpaired) electrons. The number of aliphatic imine (C=N–C) groups is 1. The summed E-state index contributed by atoms with van der Waals surface area (Å²) < 4.78 is 0. The lowest BCUT2D eigenvalue weighted by atomic mass is 9.98. The summed E-state index contributed by atoms with van der Waals surface area (Å²) in [6.07, 6.45) is 6.23. The number of nitrogens with zero attached hydrogens (tertiary/aromatic N) is 3. The highest BCUT2D eigenvalue weighted by molar-refractivity contribution is 6.05. The van der Waals surface area contributed by atoms with Crippen molar-refractivity contribution in [3.63, 3.8) is 0 Å². The van der Waals surface area contributed by atoms with E-state index in [4.69, 9.17) is 5.73 Å². The molecule has 0 aromatic heterocycles. The smallest absolute Gasteiger partial charge is 0.250 e. The van der Waals surface area contributed by atoms with Crippen LogP contribution in [0.4, 0.5) is 5.69 Å². The van der Waals surface area contributed by atoms with Crippen LogP contribution in [0.25, 0.3) is 17.2 Å². The molecule has 1 heterocycles. The Morgan fingerprint density at radius 1 is 1.15 bits per heavy atom. The monoisotopic (exact) mass is 445 g/mol. The van der Waals surface area contributed by atoms with Gasteiger partial charge < -0.3 is 10.6 Å². The lowest BCUT2D eigenvalue weighted by molar-refractivity contribution is -0.127. The number of benzene rings is 2. The summed E-state index contributed by atoms with van der Waals surface area (Å²) in [5.74, 6) is 0.454. The average Bonchev–Trinajstić information content (AvgIpc) is 2.97. The normalized spacial score (nSPS) is 13.1. The maximum absolute atomic E-state index is 13.2. The number of hydrogen-bond donors (Lipinski definition) is 2. The second kappa shape index (κ2) is 11.2. The molecule has 0 bridgehead atoms. The van der Waals surface area contributed by atoms with Crippen molar-refractivity contribution in [2.45, 2.75) is 40.0 Å². The van der Waals surface area contributed by atoms with E-state index in [-0.39, 0.29) is 5.91 Å². The Morgan fingerprint density at radius 2 is 1.85 bits per heavy atom. The highest BCUT2D eigenvalue weighted by atomic mass is 16.2. The van der Waals surface area contributed by atoms with E-state index in [1.54, 1.807) is 6.21 Å². The van der Waals surface area contributed by atoms with E-state index in [0.29, 0.717) is 24.2 Å². The minimum atomic E-state index is 0.0279. The molecule has 1 aliphatic heterocycles. The van der Waals surface area contributed by atoms with Crippen LogP contribution in [-0.4, -0.2) is 42.4 Å². The molecule has 0 saturated heterocycles. The Balaban J connectivity index is 1.96. The fourth-order valence-corrected chi connectivity index (χ4v) is 3.86. The van der Waals surface area contributed by atoms with Crippen LogP contribution in [-0.2, 0) is 9.59 Å². The zero-order valence-electron chi connectivity index (χ0n) is 19.5. The summed E-state index contributed by atoms with van der Waals surface area (Å²) in [4.78, 5) is 30.1. The third-order valence-corrected chi connectivity index (χ3v) is 5.49. The molecule has 0 spiro atoms. The maximum Gasteiger partial charge on any atom is 0.250 e. The number of hydrogen-bond acceptors (Lipinski definition) is 5. The Hall–Kier alpha value is -3.74. The molecule has 3 rings (SSSR count). The standard InChI is InChI=1S/C26H31N5O2/c1-4-10-31(11-5-2)26(33)22-13-21-9-8-20(14-24(21)30-25(27)15-22)19-7-6-18(3)23(12-19)16-28-29-17-32/h6-9,12-14,16-17H,4-5,10-11,15H2,1-3H3,(H2,27,30)(H,29,32)/b28-16-. The zero-order valence-corrected chi connectivity index (χ0v) is 19.5. The van der Waals surface area contributed by atoms with Gasteiger partial charge in [0.2, 0.25) is 12.3 Å². The van der Waals surface area contributed by atoms with Gasteiger partial charge in [-0.3, -0.25) is 9.59 Å². The second-order valence-corrected chi connectivity index (χ2v) is 8.09. The molecule has 7 nitrogen and oxygen atoms in total. The second-order valence-electron chi connectivity index (χ2n) is 8.09. The molecule has 172 valence electrons. The number of nitrogens with two attached hydrogens (primary N) is 1. The van der Waals surface area contributed by atoms with Gasteiger partial charge >= 0.3 is 0 Å². The van der Waals surface area contributed by atoms with Crippen LogP contribution in [0.15, 0.2) is 52.1 Å². The Bertz CT molecular complexity index is 1110. The van der Waals surface area contributed by atoms with Crippen LogP contribution >= 0.6 is 0 Å². The van der Waals surface area contributed by atoms with Crippen molar-refractivity contribution in [2.24, 2.45) is 15.8 Å². The first-order valence-corrected chi connectivity index (χ1v) is 11.3. The van der Waals surface area contributed by atoms with Gasteiger partial charge in [-0.1, -0.05) is 38.1 Å². The van der Waals surface area contributed by atoms with E-state index >= 15 is 0 Å². The van der Waals surface area contributed by atoms with Gasteiger partial charge in [0.05, 0.1) is 11.9 Å². The van der Waals surface area contributed by atoms with Crippen molar-refractivity contribution >= 4 is 36.1 Å². The van der Waals surface area contributed by atoms with E-state index < -0.39 is 0 Å². The third-order valence-electron chi connectivity index (χ3n) is 5.49. The van der Waals surface area contributed by atoms with Crippen molar-refractivity contribution in [1.29, 1.82) is 0 Å². The molecule has 0 unspecified atom stereocenters. The summed E-state index contributed by atoms with van der Waals surface area (Å²) in [7, 11) is 0. The van der Waals surface area contributed by atoms with Gasteiger partial charge in [0.1, 0.15) is 5.84 Å². The van der Waals surface area contributed by atoms with Gasteiger partial charge in [0.25, 0.3) is 0 Å². The molecule has 2 amide bonds. The van der Waals surface area contributed by atoms with Crippen molar-refractivity contribution in [1.82, 2.24) is 10.3 Å². The van der Waals surface area contributed by atoms with Gasteiger partial charge in [-0.25, -0.2) is 10.4 Å². The maximum atomic E-state index is 13.2. The van der Waals surface area contributed by atoms with E-state index in [1.165, 1.54) is 0 Å². The van der Waals surface area contributed by atoms with Crippen LogP contribution in [0, 0.1) is 6.92 Å². The number of aryl methyl sites for hydroxylation is 1. The largest absolute Gasteiger partial charge is 0.387 e. The third kappa shape index (κ3) is 5.94. The molecule has 0 fully saturated rings. The SMILES string of the molecule is CCCN(CCC)C(=O)C1=Cc2ccc(-c3ccc(C)c(/C=N\NC=O)c3)cc2N=C(N)C1. The molecular weight excluding hydrogens is 414 g/mol. The zero-order chi connectivity index (χ0) is 23.8. The predicted molar refractivity (Wildman–Crippen MR) is 134 cm³/mol. The number of hydrazone groups is 1. The van der Waals surface area contributed by atoms with Crippen LogP contribution in [0.5, 0.6) is 0 Å². The topological polar surface area (TPSA) is 100 Å². The summed E-state index contributed by atoms with van der Waals surface area (Å²) >= 11 is 0. The van der Waals surface area contributed by atoms with Gasteiger partial charge in [-0.05, 0) is 60.2 Å². The molecule has 1 aliphatic rings. The Morgan fingerprint density at radius 3 is 2.55 bits per heavy atom. The number of carbonyl (C=O) groups excluding carboxylic acids is 2. The number of rotatable bonds is 9. The lowest BCUT2D eigenvalue weighted by Crippen LogP contribution is -2.34. The number of carbonyl (C=O) groups is 2. The molecule has 3 N–H and O–H groups in total. The summed E-state index contributed by atoms with van der Waals surface area (Å²) in [6, 6.07) is 12.0. The minimum absolute atomic E-state index is 0.0279. The van der Waals surface area contributed by atoms with Crippen LogP contribution < -0.4 is 11.2 Å². The van der Waals surface area contributed by atoms with Crippen LogP contribution in [0.1, 0.15) is 49.8 Å².